The molecule has 1 saturated heterocycles. The van der Waals surface area contributed by atoms with E-state index < -0.39 is 51.7 Å². The number of anilines is 1. The van der Waals surface area contributed by atoms with Gasteiger partial charge in [0.25, 0.3) is 11.8 Å². The summed E-state index contributed by atoms with van der Waals surface area (Å²) in [6, 6.07) is -3.39. The topological polar surface area (TPSA) is 190 Å². The zero-order valence-corrected chi connectivity index (χ0v) is 21.6. The van der Waals surface area contributed by atoms with Crippen molar-refractivity contribution < 1.29 is 66.5 Å². The van der Waals surface area contributed by atoms with Gasteiger partial charge < -0.3 is 24.9 Å². The van der Waals surface area contributed by atoms with Gasteiger partial charge in [-0.3, -0.25) is 19.2 Å². The second-order valence-corrected chi connectivity index (χ2v) is 8.44. The fourth-order valence-electron chi connectivity index (χ4n) is 2.46. The van der Waals surface area contributed by atoms with E-state index >= 15 is 0 Å². The molecular weight excluding hydrogens is 503 g/mol. The molecule has 1 aliphatic heterocycles. The van der Waals surface area contributed by atoms with Crippen molar-refractivity contribution >= 4 is 67.7 Å². The molecule has 0 aliphatic carbocycles. The Morgan fingerprint density at radius 3 is 2.53 bits per heavy atom. The number of likely N-dealkylation sites (N-methyl/N-ethyl adjacent to an activating group) is 1. The number of oxime groups is 1. The first-order valence-electron chi connectivity index (χ1n) is 8.16. The summed E-state index contributed by atoms with van der Waals surface area (Å²) < 4.78 is 33.9. The molecule has 170 valence electrons. The minimum Gasteiger partial charge on any atom is -0.731 e. The van der Waals surface area contributed by atoms with Gasteiger partial charge in [-0.05, 0) is 0 Å². The van der Waals surface area contributed by atoms with Crippen molar-refractivity contribution in [2.24, 2.45) is 5.16 Å². The Balaban J connectivity index is 0.00000512. The van der Waals surface area contributed by atoms with Gasteiger partial charge in [0, 0.05) is 19.5 Å². The summed E-state index contributed by atoms with van der Waals surface area (Å²) >= 11 is 6.34. The van der Waals surface area contributed by atoms with Crippen LogP contribution in [0.3, 0.4) is 0 Å². The molecular formula is C14H16ClN6NaO8S2. The van der Waals surface area contributed by atoms with Gasteiger partial charge in [-0.15, -0.1) is 22.9 Å². The van der Waals surface area contributed by atoms with Crippen LogP contribution in [-0.2, 0) is 34.3 Å². The summed E-state index contributed by atoms with van der Waals surface area (Å²) in [6.07, 6.45) is 0. The number of carbonyl (C=O) groups excluding carboxylic acids is 4. The number of β-lactam (4-membered cyclic amide) rings is 1. The first-order chi connectivity index (χ1) is 14.4. The number of hydrogen-bond donors (Lipinski definition) is 2. The molecule has 0 unspecified atom stereocenters. The number of rotatable bonds is 8. The van der Waals surface area contributed by atoms with E-state index in [2.05, 4.69) is 25.6 Å². The number of nitrogens with zero attached hydrogens (tertiary/aromatic N) is 4. The molecule has 0 bridgehead atoms. The maximum atomic E-state index is 12.7. The second-order valence-electron chi connectivity index (χ2n) is 6.06. The molecule has 14 nitrogen and oxygen atoms in total. The van der Waals surface area contributed by atoms with E-state index in [1.807, 2.05) is 0 Å². The van der Waals surface area contributed by atoms with E-state index in [0.717, 1.165) is 23.3 Å². The Labute approximate surface area is 213 Å². The molecule has 0 radical (unpaired) electrons. The summed E-state index contributed by atoms with van der Waals surface area (Å²) in [5, 5.41) is 9.51. The van der Waals surface area contributed by atoms with Gasteiger partial charge in [-0.2, -0.15) is 0 Å². The molecule has 0 spiro atoms. The largest absolute Gasteiger partial charge is 1.00 e. The summed E-state index contributed by atoms with van der Waals surface area (Å²) in [7, 11) is -1.59. The van der Waals surface area contributed by atoms with Crippen LogP contribution in [0.4, 0.5) is 5.13 Å². The van der Waals surface area contributed by atoms with Crippen LogP contribution in [0.5, 0.6) is 0 Å². The molecule has 1 aliphatic rings. The average molecular weight is 519 g/mol. The third-order valence-corrected chi connectivity index (χ3v) is 5.67. The minimum absolute atomic E-state index is 0. The number of amides is 4. The minimum atomic E-state index is -5.29. The molecule has 18 heteroatoms. The van der Waals surface area contributed by atoms with Crippen molar-refractivity contribution in [2.75, 3.05) is 32.4 Å². The molecule has 2 N–H and O–H groups in total. The van der Waals surface area contributed by atoms with Gasteiger partial charge >= 0.3 is 29.6 Å². The zero-order chi connectivity index (χ0) is 23.5. The van der Waals surface area contributed by atoms with E-state index in [1.165, 1.54) is 19.5 Å². The second kappa shape index (κ2) is 11.4. The Hall–Kier alpha value is -1.82. The number of aromatic nitrogens is 1. The van der Waals surface area contributed by atoms with Crippen LogP contribution in [0.15, 0.2) is 10.5 Å². The number of alkyl halides is 1. The molecule has 1 aromatic heterocycles. The van der Waals surface area contributed by atoms with E-state index in [-0.39, 0.29) is 50.6 Å². The van der Waals surface area contributed by atoms with Crippen LogP contribution < -0.4 is 40.2 Å². The first kappa shape index (κ1) is 28.2. The molecule has 0 saturated carbocycles. The van der Waals surface area contributed by atoms with Crippen molar-refractivity contribution in [3.8, 4) is 0 Å². The summed E-state index contributed by atoms with van der Waals surface area (Å²) in [5.74, 6) is -4.08. The molecule has 2 rings (SSSR count). The van der Waals surface area contributed by atoms with Crippen LogP contribution in [0.2, 0.25) is 0 Å². The summed E-state index contributed by atoms with van der Waals surface area (Å²) in [4.78, 5) is 58.0. The molecule has 0 aromatic carbocycles. The van der Waals surface area contributed by atoms with E-state index in [9.17, 15) is 32.1 Å². The van der Waals surface area contributed by atoms with Gasteiger partial charge in [0.05, 0.1) is 0 Å². The van der Waals surface area contributed by atoms with Crippen LogP contribution >= 0.6 is 22.9 Å². The van der Waals surface area contributed by atoms with Crippen LogP contribution in [0, 0.1) is 0 Å². The zero-order valence-electron chi connectivity index (χ0n) is 17.2. The Bertz CT molecular complexity index is 1050. The van der Waals surface area contributed by atoms with Crippen LogP contribution in [-0.4, -0.2) is 95.7 Å². The van der Waals surface area contributed by atoms with Gasteiger partial charge in [-0.25, -0.2) is 17.7 Å². The Kier molecular flexibility index (Phi) is 10.0. The first-order valence-corrected chi connectivity index (χ1v) is 10.9. The molecule has 1 fully saturated rings. The van der Waals surface area contributed by atoms with Crippen molar-refractivity contribution in [3.63, 3.8) is 0 Å². The third kappa shape index (κ3) is 6.15. The number of carbonyl (C=O) groups is 4. The standard InChI is InChI=1S/C14H17ClN6O8S2.Na/c1-20(2)13(25)10-9(12(24)21(10)31(26,27)28)18-11(23)8(19-29-3)6-5-30-14(16-6)17-7(22)4-15;/h5,9-10H,4H2,1-3H3,(H,18,23)(H,16,17,22)(H,26,27,28);/q;+1/p-1/t9-,10-;/m0./s1. The average Bonchev–Trinajstić information content (AvgIpc) is 3.13. The summed E-state index contributed by atoms with van der Waals surface area (Å²) in [5.41, 5.74) is -0.484. The van der Waals surface area contributed by atoms with Crippen molar-refractivity contribution in [3.05, 3.63) is 11.1 Å². The van der Waals surface area contributed by atoms with Crippen molar-refractivity contribution in [2.45, 2.75) is 12.1 Å². The van der Waals surface area contributed by atoms with Gasteiger partial charge in [0.1, 0.15) is 24.7 Å². The number of hydrogen-bond acceptors (Lipinski definition) is 11. The van der Waals surface area contributed by atoms with E-state index in [0.29, 0.717) is 0 Å². The predicted octanol–water partition coefficient (Wildman–Crippen LogP) is -5.08. The maximum Gasteiger partial charge on any atom is 1.00 e. The van der Waals surface area contributed by atoms with Crippen LogP contribution in [0.25, 0.3) is 0 Å². The number of thiazole rings is 1. The molecule has 4 amide bonds. The summed E-state index contributed by atoms with van der Waals surface area (Å²) in [6.45, 7) is 0. The van der Waals surface area contributed by atoms with Crippen molar-refractivity contribution in [1.82, 2.24) is 19.5 Å². The van der Waals surface area contributed by atoms with Crippen LogP contribution in [0.1, 0.15) is 5.69 Å². The molecule has 32 heavy (non-hydrogen) atoms. The predicted molar refractivity (Wildman–Crippen MR) is 106 cm³/mol. The number of nitrogens with one attached hydrogen (secondary N) is 2. The SMILES string of the molecule is CON=C(C(=O)N[C@@H]1C(=O)N(S(=O)(=O)[O-])[C@@H]1C(=O)N(C)C)c1csc(NC(=O)CCl)n1.[Na+]. The Morgan fingerprint density at radius 2 is 2.03 bits per heavy atom. The van der Waals surface area contributed by atoms with Gasteiger partial charge in [0.15, 0.2) is 27.2 Å². The molecule has 1 aromatic rings. The normalized spacial score (nSPS) is 18.2. The quantitative estimate of drug-likeness (QED) is 0.0846. The Morgan fingerprint density at radius 1 is 1.41 bits per heavy atom. The maximum absolute atomic E-state index is 12.7. The number of halogens is 1. The fourth-order valence-corrected chi connectivity index (χ4v) is 4.06. The van der Waals surface area contributed by atoms with E-state index in [1.54, 1.807) is 0 Å². The molecule has 2 atom stereocenters. The van der Waals surface area contributed by atoms with Gasteiger partial charge in [-0.1, -0.05) is 5.16 Å². The third-order valence-electron chi connectivity index (χ3n) is 3.79. The smallest absolute Gasteiger partial charge is 0.731 e. The van der Waals surface area contributed by atoms with E-state index in [4.69, 9.17) is 11.6 Å². The monoisotopic (exact) mass is 518 g/mol. The molecule has 2 heterocycles. The van der Waals surface area contributed by atoms with Crippen molar-refractivity contribution in [1.29, 1.82) is 0 Å². The van der Waals surface area contributed by atoms with Gasteiger partial charge in [0.2, 0.25) is 11.8 Å². The fraction of sp³-hybridized carbons (Fsp3) is 0.429.